The Balaban J connectivity index is 2.60. The van der Waals surface area contributed by atoms with Gasteiger partial charge in [-0.2, -0.15) is 0 Å². The van der Waals surface area contributed by atoms with Crippen LogP contribution in [0.3, 0.4) is 0 Å². The third kappa shape index (κ3) is 8.66. The van der Waals surface area contributed by atoms with Gasteiger partial charge in [0.1, 0.15) is 0 Å². The van der Waals surface area contributed by atoms with Crippen molar-refractivity contribution in [3.63, 3.8) is 0 Å². The summed E-state index contributed by atoms with van der Waals surface area (Å²) in [4.78, 5) is 0. The lowest BCUT2D eigenvalue weighted by Gasteiger charge is -1.99. The van der Waals surface area contributed by atoms with Crippen LogP contribution >= 0.6 is 21.6 Å². The maximum Gasteiger partial charge on any atom is 0.0162 e. The van der Waals surface area contributed by atoms with Gasteiger partial charge in [-0.1, -0.05) is 28.5 Å². The zero-order valence-electron chi connectivity index (χ0n) is 6.14. The van der Waals surface area contributed by atoms with Crippen LogP contribution in [-0.2, 0) is 0 Å². The van der Waals surface area contributed by atoms with E-state index in [1.54, 1.807) is 0 Å². The molecule has 56 valence electrons. The van der Waals surface area contributed by atoms with Crippen molar-refractivity contribution in [1.82, 2.24) is 5.32 Å². The van der Waals surface area contributed by atoms with Crippen molar-refractivity contribution in [3.05, 3.63) is 0 Å². The second-order valence-electron chi connectivity index (χ2n) is 1.74. The summed E-state index contributed by atoms with van der Waals surface area (Å²) >= 11 is 0. The molecule has 0 saturated carbocycles. The van der Waals surface area contributed by atoms with Gasteiger partial charge in [-0.05, 0) is 19.2 Å². The molecule has 9 heavy (non-hydrogen) atoms. The molecule has 0 aromatic carbocycles. The van der Waals surface area contributed by atoms with Crippen molar-refractivity contribution in [2.24, 2.45) is 0 Å². The van der Waals surface area contributed by atoms with Gasteiger partial charge in [-0.3, -0.25) is 0 Å². The van der Waals surface area contributed by atoms with Crippen molar-refractivity contribution in [3.8, 4) is 0 Å². The first-order valence-corrected chi connectivity index (χ1v) is 6.00. The molecular formula is C6H15NS2. The SMILES string of the molecule is CCCNCCSSC. The van der Waals surface area contributed by atoms with Gasteiger partial charge >= 0.3 is 0 Å². The molecule has 0 heterocycles. The smallest absolute Gasteiger partial charge is 0.0162 e. The average Bonchev–Trinajstić information content (AvgIpc) is 1.89. The second-order valence-corrected chi connectivity index (χ2v) is 4.42. The first-order chi connectivity index (χ1) is 4.41. The van der Waals surface area contributed by atoms with E-state index in [0.717, 1.165) is 13.1 Å². The van der Waals surface area contributed by atoms with E-state index in [1.165, 1.54) is 12.2 Å². The lowest BCUT2D eigenvalue weighted by Crippen LogP contribution is -2.17. The Labute approximate surface area is 65.8 Å². The molecule has 0 spiro atoms. The molecule has 0 aromatic heterocycles. The lowest BCUT2D eigenvalue weighted by atomic mass is 10.5. The fourth-order valence-corrected chi connectivity index (χ4v) is 1.64. The van der Waals surface area contributed by atoms with E-state index in [2.05, 4.69) is 18.5 Å². The Morgan fingerprint density at radius 1 is 1.33 bits per heavy atom. The van der Waals surface area contributed by atoms with Crippen LogP contribution in [0, 0.1) is 0 Å². The third-order valence-corrected chi connectivity index (χ3v) is 2.72. The minimum absolute atomic E-state index is 1.15. The van der Waals surface area contributed by atoms with Gasteiger partial charge in [0.15, 0.2) is 0 Å². The number of rotatable bonds is 6. The highest BCUT2D eigenvalue weighted by molar-refractivity contribution is 8.76. The van der Waals surface area contributed by atoms with Crippen LogP contribution in [0.2, 0.25) is 0 Å². The van der Waals surface area contributed by atoms with E-state index < -0.39 is 0 Å². The molecule has 0 amide bonds. The van der Waals surface area contributed by atoms with Gasteiger partial charge in [0.2, 0.25) is 0 Å². The van der Waals surface area contributed by atoms with E-state index in [1.807, 2.05) is 21.6 Å². The number of hydrogen-bond donors (Lipinski definition) is 1. The number of nitrogens with one attached hydrogen (secondary N) is 1. The van der Waals surface area contributed by atoms with Crippen molar-refractivity contribution >= 4 is 21.6 Å². The molecule has 0 atom stereocenters. The van der Waals surface area contributed by atoms with E-state index >= 15 is 0 Å². The Kier molecular flexibility index (Phi) is 9.30. The van der Waals surface area contributed by atoms with E-state index in [-0.39, 0.29) is 0 Å². The molecule has 0 unspecified atom stereocenters. The predicted octanol–water partition coefficient (Wildman–Crippen LogP) is 2.00. The molecule has 0 fully saturated rings. The van der Waals surface area contributed by atoms with Crippen LogP contribution in [0.25, 0.3) is 0 Å². The normalized spacial score (nSPS) is 10.0. The molecular weight excluding hydrogens is 150 g/mol. The molecule has 0 aromatic rings. The van der Waals surface area contributed by atoms with Gasteiger partial charge < -0.3 is 5.32 Å². The third-order valence-electron chi connectivity index (χ3n) is 0.907. The van der Waals surface area contributed by atoms with Gasteiger partial charge in [0.25, 0.3) is 0 Å². The summed E-state index contributed by atoms with van der Waals surface area (Å²) < 4.78 is 0. The van der Waals surface area contributed by atoms with Crippen LogP contribution in [0.1, 0.15) is 13.3 Å². The van der Waals surface area contributed by atoms with Crippen LogP contribution in [0.5, 0.6) is 0 Å². The van der Waals surface area contributed by atoms with Gasteiger partial charge in [-0.25, -0.2) is 0 Å². The Bertz CT molecular complexity index is 44.3. The van der Waals surface area contributed by atoms with Crippen LogP contribution < -0.4 is 5.32 Å². The fraction of sp³-hybridized carbons (Fsp3) is 1.00. The van der Waals surface area contributed by atoms with E-state index in [0.29, 0.717) is 0 Å². The van der Waals surface area contributed by atoms with Crippen LogP contribution in [0.15, 0.2) is 0 Å². The van der Waals surface area contributed by atoms with Crippen molar-refractivity contribution in [1.29, 1.82) is 0 Å². The molecule has 0 aliphatic carbocycles. The summed E-state index contributed by atoms with van der Waals surface area (Å²) in [6.45, 7) is 4.50. The first kappa shape index (κ1) is 9.66. The van der Waals surface area contributed by atoms with Crippen molar-refractivity contribution < 1.29 is 0 Å². The van der Waals surface area contributed by atoms with Crippen molar-refractivity contribution in [2.75, 3.05) is 25.1 Å². The summed E-state index contributed by atoms with van der Waals surface area (Å²) in [5.41, 5.74) is 0. The molecule has 1 nitrogen and oxygen atoms in total. The molecule has 3 heteroatoms. The van der Waals surface area contributed by atoms with Crippen molar-refractivity contribution in [2.45, 2.75) is 13.3 Å². The predicted molar refractivity (Wildman–Crippen MR) is 49.1 cm³/mol. The maximum absolute atomic E-state index is 3.34. The summed E-state index contributed by atoms with van der Waals surface area (Å²) in [5.74, 6) is 1.22. The van der Waals surface area contributed by atoms with Gasteiger partial charge in [0, 0.05) is 12.3 Å². The highest BCUT2D eigenvalue weighted by Gasteiger charge is 1.84. The molecule has 0 aliphatic heterocycles. The molecule has 0 saturated heterocycles. The largest absolute Gasteiger partial charge is 0.316 e. The Morgan fingerprint density at radius 2 is 2.11 bits per heavy atom. The second kappa shape index (κ2) is 8.66. The van der Waals surface area contributed by atoms with Crippen LogP contribution in [0.4, 0.5) is 0 Å². The van der Waals surface area contributed by atoms with E-state index in [4.69, 9.17) is 0 Å². The maximum atomic E-state index is 3.34. The first-order valence-electron chi connectivity index (χ1n) is 3.28. The summed E-state index contributed by atoms with van der Waals surface area (Å²) in [6, 6.07) is 0. The zero-order chi connectivity index (χ0) is 6.95. The quantitative estimate of drug-likeness (QED) is 0.477. The highest BCUT2D eigenvalue weighted by Crippen LogP contribution is 2.14. The molecule has 0 bridgehead atoms. The Morgan fingerprint density at radius 3 is 2.67 bits per heavy atom. The molecule has 0 rings (SSSR count). The number of hydrogen-bond acceptors (Lipinski definition) is 3. The van der Waals surface area contributed by atoms with E-state index in [9.17, 15) is 0 Å². The summed E-state index contributed by atoms with van der Waals surface area (Å²) in [7, 11) is 3.75. The summed E-state index contributed by atoms with van der Waals surface area (Å²) in [6.07, 6.45) is 3.36. The fourth-order valence-electron chi connectivity index (χ4n) is 0.499. The van der Waals surface area contributed by atoms with Gasteiger partial charge in [-0.15, -0.1) is 0 Å². The minimum atomic E-state index is 1.15. The molecule has 0 radical (unpaired) electrons. The molecule has 0 aliphatic rings. The topological polar surface area (TPSA) is 12.0 Å². The van der Waals surface area contributed by atoms with Gasteiger partial charge in [0.05, 0.1) is 0 Å². The highest BCUT2D eigenvalue weighted by atomic mass is 33.1. The molecule has 1 N–H and O–H groups in total. The van der Waals surface area contributed by atoms with Crippen LogP contribution in [-0.4, -0.2) is 25.1 Å². The Hall–Kier alpha value is 0.660. The standard InChI is InChI=1S/C6H15NS2/c1-3-4-7-5-6-9-8-2/h7H,3-6H2,1-2H3. The monoisotopic (exact) mass is 165 g/mol. The zero-order valence-corrected chi connectivity index (χ0v) is 7.78. The minimum Gasteiger partial charge on any atom is -0.316 e. The average molecular weight is 165 g/mol. The summed E-state index contributed by atoms with van der Waals surface area (Å²) in [5, 5.41) is 3.34. The lowest BCUT2D eigenvalue weighted by molar-refractivity contribution is 0.708.